The number of fused-ring (bicyclic) bond motifs is 9. The summed E-state index contributed by atoms with van der Waals surface area (Å²) in [4.78, 5) is 0. The molecule has 0 radical (unpaired) electrons. The standard InChI is InChI=1S/C45H33N3O3/c1-2-10-26(11-3-1)43-46-44(33-15-9-19-39-41(33)32-13-5-7-18-37(32)50-39)48-45(47-43)34-16-8-14-31-30-22-20-28(25-40(30)51-42(31)34)27-21-23-38-35(24-27)29-12-4-6-17-36(29)49-38/h1-4,6-12,14-25,43-48H,5,13H2. The van der Waals surface area contributed by atoms with Crippen molar-refractivity contribution in [1.29, 1.82) is 0 Å². The fraction of sp³-hybridized carbons (Fsp3) is 0.111. The van der Waals surface area contributed by atoms with Gasteiger partial charge in [0.1, 0.15) is 33.7 Å². The lowest BCUT2D eigenvalue weighted by Gasteiger charge is -2.39. The Morgan fingerprint density at radius 3 is 2.14 bits per heavy atom. The van der Waals surface area contributed by atoms with E-state index < -0.39 is 0 Å². The highest BCUT2D eigenvalue weighted by atomic mass is 16.3. The zero-order valence-electron chi connectivity index (χ0n) is 27.7. The minimum Gasteiger partial charge on any atom is -0.456 e. The fourth-order valence-corrected chi connectivity index (χ4v) is 8.27. The maximum atomic E-state index is 6.81. The van der Waals surface area contributed by atoms with Crippen LogP contribution >= 0.6 is 0 Å². The van der Waals surface area contributed by atoms with Gasteiger partial charge in [0.15, 0.2) is 0 Å². The number of benzene rings is 6. The molecule has 1 fully saturated rings. The lowest BCUT2D eigenvalue weighted by atomic mass is 9.95. The van der Waals surface area contributed by atoms with E-state index in [4.69, 9.17) is 13.3 Å². The van der Waals surface area contributed by atoms with Crippen molar-refractivity contribution in [2.24, 2.45) is 0 Å². The molecule has 6 nitrogen and oxygen atoms in total. The average molecular weight is 664 g/mol. The van der Waals surface area contributed by atoms with E-state index in [1.807, 2.05) is 12.1 Å². The van der Waals surface area contributed by atoms with Gasteiger partial charge in [-0.15, -0.1) is 0 Å². The van der Waals surface area contributed by atoms with E-state index in [2.05, 4.69) is 143 Å². The molecule has 11 rings (SSSR count). The molecule has 0 bridgehead atoms. The number of furan rings is 3. The molecule has 3 N–H and O–H groups in total. The molecule has 0 amide bonds. The molecule has 3 unspecified atom stereocenters. The van der Waals surface area contributed by atoms with Crippen LogP contribution in [-0.2, 0) is 6.42 Å². The van der Waals surface area contributed by atoms with Crippen molar-refractivity contribution in [1.82, 2.24) is 16.0 Å². The van der Waals surface area contributed by atoms with Crippen molar-refractivity contribution >= 4 is 60.9 Å². The quantitative estimate of drug-likeness (QED) is 0.174. The molecule has 1 aliphatic heterocycles. The molecule has 51 heavy (non-hydrogen) atoms. The number of allylic oxidation sites excluding steroid dienone is 1. The molecule has 6 aromatic carbocycles. The number of nitrogens with one attached hydrogen (secondary N) is 3. The molecule has 1 saturated heterocycles. The van der Waals surface area contributed by atoms with Crippen LogP contribution in [0.15, 0.2) is 147 Å². The van der Waals surface area contributed by atoms with Crippen LogP contribution in [0.1, 0.15) is 52.9 Å². The van der Waals surface area contributed by atoms with E-state index in [-0.39, 0.29) is 18.5 Å². The molecule has 0 saturated carbocycles. The molecular weight excluding hydrogens is 631 g/mol. The molecule has 2 aliphatic rings. The van der Waals surface area contributed by atoms with Gasteiger partial charge in [0, 0.05) is 38.1 Å². The Kier molecular flexibility index (Phi) is 6.40. The highest BCUT2D eigenvalue weighted by Gasteiger charge is 2.33. The van der Waals surface area contributed by atoms with Gasteiger partial charge in [-0.05, 0) is 77.6 Å². The predicted molar refractivity (Wildman–Crippen MR) is 204 cm³/mol. The first-order chi connectivity index (χ1) is 25.2. The van der Waals surface area contributed by atoms with Crippen LogP contribution in [0.3, 0.4) is 0 Å². The summed E-state index contributed by atoms with van der Waals surface area (Å²) in [6.45, 7) is 0. The summed E-state index contributed by atoms with van der Waals surface area (Å²) >= 11 is 0. The molecule has 1 aliphatic carbocycles. The van der Waals surface area contributed by atoms with Crippen LogP contribution in [-0.4, -0.2) is 0 Å². The second kappa shape index (κ2) is 11.3. The van der Waals surface area contributed by atoms with E-state index in [0.717, 1.165) is 84.8 Å². The third kappa shape index (κ3) is 4.61. The Balaban J connectivity index is 1.02. The summed E-state index contributed by atoms with van der Waals surface area (Å²) in [7, 11) is 0. The van der Waals surface area contributed by atoms with Gasteiger partial charge in [-0.1, -0.05) is 97.1 Å². The number of hydrogen-bond donors (Lipinski definition) is 3. The van der Waals surface area contributed by atoms with Crippen molar-refractivity contribution in [2.75, 3.05) is 0 Å². The molecule has 6 heteroatoms. The van der Waals surface area contributed by atoms with Gasteiger partial charge in [0.05, 0.1) is 18.5 Å². The lowest BCUT2D eigenvalue weighted by Crippen LogP contribution is -2.54. The van der Waals surface area contributed by atoms with E-state index in [1.165, 1.54) is 22.1 Å². The predicted octanol–water partition coefficient (Wildman–Crippen LogP) is 11.0. The molecule has 3 atom stereocenters. The monoisotopic (exact) mass is 663 g/mol. The van der Waals surface area contributed by atoms with Crippen molar-refractivity contribution < 1.29 is 13.3 Å². The molecule has 9 aromatic rings. The second-order valence-corrected chi connectivity index (χ2v) is 13.7. The fourth-order valence-electron chi connectivity index (χ4n) is 8.27. The van der Waals surface area contributed by atoms with Crippen LogP contribution in [0.2, 0.25) is 0 Å². The summed E-state index contributed by atoms with van der Waals surface area (Å²) in [6.07, 6.45) is 5.83. The normalized spacial score (nSPS) is 19.1. The molecule has 4 heterocycles. The molecular formula is C45H33N3O3. The zero-order chi connectivity index (χ0) is 33.5. The summed E-state index contributed by atoms with van der Waals surface area (Å²) in [6, 6.07) is 44.6. The Bertz CT molecular complexity index is 2820. The highest BCUT2D eigenvalue weighted by molar-refractivity contribution is 6.08. The molecule has 246 valence electrons. The molecule has 0 spiro atoms. The topological polar surface area (TPSA) is 75.5 Å². The smallest absolute Gasteiger partial charge is 0.141 e. The van der Waals surface area contributed by atoms with Gasteiger partial charge >= 0.3 is 0 Å². The number of para-hydroxylation sites is 2. The summed E-state index contributed by atoms with van der Waals surface area (Å²) < 4.78 is 19.2. The van der Waals surface area contributed by atoms with Crippen LogP contribution < -0.4 is 16.0 Å². The van der Waals surface area contributed by atoms with E-state index in [1.54, 1.807) is 0 Å². The van der Waals surface area contributed by atoms with Crippen LogP contribution in [0.25, 0.3) is 72.0 Å². The third-order valence-electron chi connectivity index (χ3n) is 10.7. The van der Waals surface area contributed by atoms with Crippen molar-refractivity contribution in [3.8, 4) is 11.1 Å². The highest BCUT2D eigenvalue weighted by Crippen LogP contribution is 2.41. The van der Waals surface area contributed by atoms with Gasteiger partial charge in [0.25, 0.3) is 0 Å². The Hall–Kier alpha value is -5.92. The van der Waals surface area contributed by atoms with E-state index >= 15 is 0 Å². The summed E-state index contributed by atoms with van der Waals surface area (Å²) in [5.41, 5.74) is 11.4. The van der Waals surface area contributed by atoms with E-state index in [9.17, 15) is 0 Å². The first-order valence-electron chi connectivity index (χ1n) is 17.7. The van der Waals surface area contributed by atoms with E-state index in [0.29, 0.717) is 0 Å². The SMILES string of the molecule is C1=Cc2oc3cccc(C4NC(c5ccccc5)NC(c5cccc6c5oc5cc(-c7ccc8oc9ccccc9c8c7)ccc56)N4)c3c2CC1. The van der Waals surface area contributed by atoms with Gasteiger partial charge < -0.3 is 13.3 Å². The maximum absolute atomic E-state index is 6.81. The largest absolute Gasteiger partial charge is 0.456 e. The Morgan fingerprint density at radius 1 is 0.490 bits per heavy atom. The van der Waals surface area contributed by atoms with Crippen molar-refractivity contribution in [3.05, 3.63) is 161 Å². The second-order valence-electron chi connectivity index (χ2n) is 13.7. The first kappa shape index (κ1) is 28.9. The average Bonchev–Trinajstić information content (AvgIpc) is 3.88. The summed E-state index contributed by atoms with van der Waals surface area (Å²) in [5, 5.41) is 17.3. The van der Waals surface area contributed by atoms with Crippen LogP contribution in [0.4, 0.5) is 0 Å². The zero-order valence-corrected chi connectivity index (χ0v) is 27.7. The summed E-state index contributed by atoms with van der Waals surface area (Å²) in [5.74, 6) is 0.971. The van der Waals surface area contributed by atoms with Crippen LogP contribution in [0.5, 0.6) is 0 Å². The van der Waals surface area contributed by atoms with Crippen LogP contribution in [0, 0.1) is 0 Å². The molecule has 3 aromatic heterocycles. The Labute approximate surface area is 293 Å². The third-order valence-corrected chi connectivity index (χ3v) is 10.7. The van der Waals surface area contributed by atoms with Gasteiger partial charge in [-0.2, -0.15) is 0 Å². The number of aryl methyl sites for hydroxylation is 1. The minimum absolute atomic E-state index is 0.111. The van der Waals surface area contributed by atoms with Gasteiger partial charge in [-0.3, -0.25) is 16.0 Å². The maximum Gasteiger partial charge on any atom is 0.141 e. The van der Waals surface area contributed by atoms with Gasteiger partial charge in [0.2, 0.25) is 0 Å². The Morgan fingerprint density at radius 2 is 1.20 bits per heavy atom. The first-order valence-corrected chi connectivity index (χ1v) is 17.7. The number of hydrogen-bond acceptors (Lipinski definition) is 6. The van der Waals surface area contributed by atoms with Crippen molar-refractivity contribution in [3.63, 3.8) is 0 Å². The minimum atomic E-state index is -0.208. The van der Waals surface area contributed by atoms with Crippen molar-refractivity contribution in [2.45, 2.75) is 31.3 Å². The lowest BCUT2D eigenvalue weighted by molar-refractivity contribution is 0.204. The van der Waals surface area contributed by atoms with Gasteiger partial charge in [-0.25, -0.2) is 0 Å². The number of rotatable bonds is 4.